The van der Waals surface area contributed by atoms with Gasteiger partial charge in [-0.3, -0.25) is 13.8 Å². The molecule has 13 heteroatoms. The van der Waals surface area contributed by atoms with Crippen LogP contribution in [-0.2, 0) is 27.9 Å². The van der Waals surface area contributed by atoms with Crippen LogP contribution in [-0.4, -0.2) is 98.9 Å². The lowest BCUT2D eigenvalue weighted by Gasteiger charge is -2.41. The van der Waals surface area contributed by atoms with Gasteiger partial charge < -0.3 is 39.9 Å². The second-order valence-corrected chi connectivity index (χ2v) is 19.0. The van der Waals surface area contributed by atoms with Gasteiger partial charge in [0.2, 0.25) is 0 Å². The van der Waals surface area contributed by atoms with E-state index >= 15 is 0 Å². The number of esters is 1. The molecule has 0 bridgehead atoms. The van der Waals surface area contributed by atoms with Gasteiger partial charge in [-0.05, 0) is 77.0 Å². The smallest absolute Gasteiger partial charge is 0.457 e. The summed E-state index contributed by atoms with van der Waals surface area (Å²) in [6.07, 6.45) is 41.4. The van der Waals surface area contributed by atoms with Crippen LogP contribution in [0.3, 0.4) is 0 Å². The average molecular weight is 941 g/mol. The molecule has 0 aliphatic heterocycles. The first-order valence-electron chi connectivity index (χ1n) is 25.6. The Morgan fingerprint density at radius 1 is 0.508 bits per heavy atom. The highest BCUT2D eigenvalue weighted by Crippen LogP contribution is 2.47. The van der Waals surface area contributed by atoms with E-state index in [0.29, 0.717) is 13.0 Å². The lowest BCUT2D eigenvalue weighted by molar-refractivity contribution is -0.220. The van der Waals surface area contributed by atoms with Gasteiger partial charge in [0.05, 0.1) is 13.2 Å². The van der Waals surface area contributed by atoms with Crippen LogP contribution in [0.4, 0.5) is 0 Å². The van der Waals surface area contributed by atoms with Gasteiger partial charge in [0.25, 0.3) is 0 Å². The standard InChI is InChI=1S/C52H93O12P/c1-3-5-7-9-11-13-15-17-19-21-22-23-24-25-26-28-30-32-34-36-38-40-42-61-43-45(44-62-65(59,60)64-52-50(57)48(55)47(54)49(56)51(52)58)63-46(53)41-39-37-35-33-31-29-27-20-18-16-14-12-10-8-6-4-2/h5,7,11,13,17,19-20,22-23,27,45,47-52,54-58H,3-4,6,8-10,12,14-16,18,21,24-26,28-44H2,1-2H3,(H,59,60)/b7-5-,13-11-,19-17-,23-22-,27-20-. The van der Waals surface area contributed by atoms with Crippen molar-refractivity contribution < 1.29 is 58.3 Å². The number of unbranched alkanes of at least 4 members (excludes halogenated alkanes) is 21. The predicted molar refractivity (Wildman–Crippen MR) is 262 cm³/mol. The molecule has 1 aliphatic rings. The molecular weight excluding hydrogens is 848 g/mol. The van der Waals surface area contributed by atoms with Crippen molar-refractivity contribution in [3.63, 3.8) is 0 Å². The summed E-state index contributed by atoms with van der Waals surface area (Å²) in [5.74, 6) is -0.489. The molecule has 6 N–H and O–H groups in total. The Morgan fingerprint density at radius 3 is 1.40 bits per heavy atom. The van der Waals surface area contributed by atoms with E-state index < -0.39 is 63.1 Å². The number of carbonyl (C=O) groups is 1. The lowest BCUT2D eigenvalue weighted by Crippen LogP contribution is -2.64. The second kappa shape index (κ2) is 42.2. The van der Waals surface area contributed by atoms with Gasteiger partial charge >= 0.3 is 13.8 Å². The van der Waals surface area contributed by atoms with Crippen LogP contribution in [0.2, 0.25) is 0 Å². The van der Waals surface area contributed by atoms with Crippen molar-refractivity contribution >= 4 is 13.8 Å². The first-order chi connectivity index (χ1) is 31.5. The van der Waals surface area contributed by atoms with Crippen LogP contribution in [0, 0.1) is 0 Å². The maximum Gasteiger partial charge on any atom is 0.472 e. The van der Waals surface area contributed by atoms with Gasteiger partial charge in [-0.25, -0.2) is 4.57 Å². The number of aliphatic hydroxyl groups is 5. The van der Waals surface area contributed by atoms with E-state index in [4.69, 9.17) is 18.5 Å². The topological polar surface area (TPSA) is 192 Å². The second-order valence-electron chi connectivity index (χ2n) is 17.6. The molecule has 65 heavy (non-hydrogen) atoms. The Morgan fingerprint density at radius 2 is 0.908 bits per heavy atom. The summed E-state index contributed by atoms with van der Waals surface area (Å²) in [5, 5.41) is 50.3. The fourth-order valence-corrected chi connectivity index (χ4v) is 8.55. The first-order valence-corrected chi connectivity index (χ1v) is 27.1. The Kier molecular flexibility index (Phi) is 39.6. The molecule has 0 heterocycles. The minimum Gasteiger partial charge on any atom is -0.457 e. The molecule has 12 nitrogen and oxygen atoms in total. The number of phosphoric acid groups is 1. The maximum atomic E-state index is 12.8. The third-order valence-electron chi connectivity index (χ3n) is 11.6. The number of hydrogen-bond donors (Lipinski definition) is 6. The minimum absolute atomic E-state index is 0.0859. The number of phosphoric ester groups is 1. The van der Waals surface area contributed by atoms with E-state index in [2.05, 4.69) is 74.6 Å². The monoisotopic (exact) mass is 941 g/mol. The zero-order valence-corrected chi connectivity index (χ0v) is 41.4. The van der Waals surface area contributed by atoms with Crippen molar-refractivity contribution in [2.75, 3.05) is 19.8 Å². The summed E-state index contributed by atoms with van der Waals surface area (Å²) in [5.41, 5.74) is 0. The fraction of sp³-hybridized carbons (Fsp3) is 0.788. The molecule has 378 valence electrons. The van der Waals surface area contributed by atoms with Crippen molar-refractivity contribution in [2.45, 2.75) is 243 Å². The summed E-state index contributed by atoms with van der Waals surface area (Å²) >= 11 is 0. The third kappa shape index (κ3) is 34.1. The molecule has 0 radical (unpaired) electrons. The van der Waals surface area contributed by atoms with Gasteiger partial charge in [0, 0.05) is 13.0 Å². The number of hydrogen-bond acceptors (Lipinski definition) is 11. The van der Waals surface area contributed by atoms with E-state index in [1.54, 1.807) is 0 Å². The number of ether oxygens (including phenoxy) is 2. The van der Waals surface area contributed by atoms with E-state index in [-0.39, 0.29) is 13.0 Å². The van der Waals surface area contributed by atoms with Crippen molar-refractivity contribution in [1.29, 1.82) is 0 Å². The molecule has 0 aromatic carbocycles. The molecular formula is C52H93O12P. The van der Waals surface area contributed by atoms with Gasteiger partial charge in [-0.1, -0.05) is 177 Å². The quantitative estimate of drug-likeness (QED) is 0.0147. The zero-order valence-electron chi connectivity index (χ0n) is 40.5. The fourth-order valence-electron chi connectivity index (χ4n) is 7.58. The zero-order chi connectivity index (χ0) is 47.6. The van der Waals surface area contributed by atoms with Crippen LogP contribution in [0.5, 0.6) is 0 Å². The van der Waals surface area contributed by atoms with Gasteiger partial charge in [0.1, 0.15) is 42.7 Å². The number of carbonyl (C=O) groups excluding carboxylic acids is 1. The highest BCUT2D eigenvalue weighted by molar-refractivity contribution is 7.47. The highest BCUT2D eigenvalue weighted by Gasteiger charge is 2.51. The van der Waals surface area contributed by atoms with Crippen LogP contribution in [0.15, 0.2) is 60.8 Å². The van der Waals surface area contributed by atoms with E-state index in [1.807, 2.05) is 0 Å². The Bertz CT molecular complexity index is 1300. The first kappa shape index (κ1) is 61.1. The van der Waals surface area contributed by atoms with Gasteiger partial charge in [-0.2, -0.15) is 0 Å². The van der Waals surface area contributed by atoms with Crippen molar-refractivity contribution in [3.05, 3.63) is 60.8 Å². The minimum atomic E-state index is -5.03. The molecule has 6 unspecified atom stereocenters. The van der Waals surface area contributed by atoms with Gasteiger partial charge in [-0.15, -0.1) is 0 Å². The molecule has 0 saturated heterocycles. The summed E-state index contributed by atoms with van der Waals surface area (Å²) in [7, 11) is -5.03. The number of rotatable bonds is 43. The van der Waals surface area contributed by atoms with E-state index in [1.165, 1.54) is 77.0 Å². The predicted octanol–water partition coefficient (Wildman–Crippen LogP) is 11.4. The molecule has 0 spiro atoms. The number of allylic oxidation sites excluding steroid dienone is 10. The van der Waals surface area contributed by atoms with Crippen LogP contribution in [0.1, 0.15) is 200 Å². The van der Waals surface area contributed by atoms with Crippen molar-refractivity contribution in [2.24, 2.45) is 0 Å². The number of aliphatic hydroxyl groups excluding tert-OH is 5. The average Bonchev–Trinajstić information content (AvgIpc) is 3.29. The van der Waals surface area contributed by atoms with E-state index in [9.17, 15) is 39.8 Å². The molecule has 1 aliphatic carbocycles. The molecule has 1 rings (SSSR count). The summed E-state index contributed by atoms with van der Waals surface area (Å²) < 4.78 is 34.3. The highest BCUT2D eigenvalue weighted by atomic mass is 31.2. The Labute approximate surface area is 394 Å². The molecule has 1 saturated carbocycles. The molecule has 0 amide bonds. The third-order valence-corrected chi connectivity index (χ3v) is 12.6. The molecule has 6 atom stereocenters. The molecule has 0 aromatic rings. The summed E-state index contributed by atoms with van der Waals surface area (Å²) in [6, 6.07) is 0. The van der Waals surface area contributed by atoms with Crippen molar-refractivity contribution in [1.82, 2.24) is 0 Å². The summed E-state index contributed by atoms with van der Waals surface area (Å²) in [4.78, 5) is 23.2. The molecule has 1 fully saturated rings. The SMILES string of the molecule is CC/C=C\C/C=C\C/C=C\C/C=C\CCCCCCCCCCCOCC(COP(=O)(O)OC1C(O)C(O)C(O)C(O)C1O)OC(=O)CCCCCCC/C=C\CCCCCCCCC. The molecule has 0 aromatic heterocycles. The van der Waals surface area contributed by atoms with Crippen LogP contribution < -0.4 is 0 Å². The Balaban J connectivity index is 2.35. The van der Waals surface area contributed by atoms with Crippen LogP contribution >= 0.6 is 7.82 Å². The summed E-state index contributed by atoms with van der Waals surface area (Å²) in [6.45, 7) is 4.13. The maximum absolute atomic E-state index is 12.8. The van der Waals surface area contributed by atoms with E-state index in [0.717, 1.165) is 96.3 Å². The van der Waals surface area contributed by atoms with Crippen molar-refractivity contribution in [3.8, 4) is 0 Å². The normalized spacial score (nSPS) is 22.0. The van der Waals surface area contributed by atoms with Crippen LogP contribution in [0.25, 0.3) is 0 Å². The Hall–Kier alpha value is -1.96. The lowest BCUT2D eigenvalue weighted by atomic mass is 9.85. The largest absolute Gasteiger partial charge is 0.472 e. The van der Waals surface area contributed by atoms with Gasteiger partial charge in [0.15, 0.2) is 0 Å².